The molecule has 0 aliphatic heterocycles. The van der Waals surface area contributed by atoms with E-state index in [0.717, 1.165) is 0 Å². The lowest BCUT2D eigenvalue weighted by molar-refractivity contribution is 0.0599. The minimum Gasteiger partial charge on any atom is -0.465 e. The quantitative estimate of drug-likeness (QED) is 0.715. The molecule has 1 amide bonds. The van der Waals surface area contributed by atoms with Crippen molar-refractivity contribution >= 4 is 39.1 Å². The Labute approximate surface area is 153 Å². The second kappa shape index (κ2) is 6.72. The molecule has 2 aromatic heterocycles. The Kier molecular flexibility index (Phi) is 4.60. The molecule has 134 valence electrons. The van der Waals surface area contributed by atoms with E-state index >= 15 is 0 Å². The molecule has 0 radical (unpaired) electrons. The number of hydrogen-bond acceptors (Lipinski definition) is 6. The number of aryl methyl sites for hydroxylation is 2. The smallest absolute Gasteiger partial charge is 0.338 e. The second-order valence-electron chi connectivity index (χ2n) is 5.82. The van der Waals surface area contributed by atoms with Crippen LogP contribution in [0.15, 0.2) is 29.3 Å². The van der Waals surface area contributed by atoms with Crippen LogP contribution >= 0.6 is 11.3 Å². The monoisotopic (exact) mass is 371 g/mol. The van der Waals surface area contributed by atoms with Crippen LogP contribution in [0.1, 0.15) is 31.2 Å². The van der Waals surface area contributed by atoms with E-state index in [1.54, 1.807) is 39.1 Å². The summed E-state index contributed by atoms with van der Waals surface area (Å²) >= 11 is 1.17. The van der Waals surface area contributed by atoms with Gasteiger partial charge in [0.25, 0.3) is 11.5 Å². The van der Waals surface area contributed by atoms with Gasteiger partial charge >= 0.3 is 5.97 Å². The fourth-order valence-electron chi connectivity index (χ4n) is 2.71. The van der Waals surface area contributed by atoms with Gasteiger partial charge in [-0.2, -0.15) is 0 Å². The maximum Gasteiger partial charge on any atom is 0.338 e. The molecule has 7 nitrogen and oxygen atoms in total. The van der Waals surface area contributed by atoms with Crippen molar-refractivity contribution in [1.29, 1.82) is 0 Å². The third-order valence-corrected chi connectivity index (χ3v) is 5.40. The molecule has 0 aliphatic rings. The lowest BCUT2D eigenvalue weighted by atomic mass is 10.1. The number of hydrogen-bond donors (Lipinski definition) is 1. The average Bonchev–Trinajstić information content (AvgIpc) is 2.96. The van der Waals surface area contributed by atoms with Crippen LogP contribution in [0.2, 0.25) is 0 Å². The molecular weight excluding hydrogens is 354 g/mol. The first-order valence-corrected chi connectivity index (χ1v) is 8.60. The Morgan fingerprint density at radius 1 is 1.23 bits per heavy atom. The van der Waals surface area contributed by atoms with Crippen LogP contribution in [0.5, 0.6) is 0 Å². The van der Waals surface area contributed by atoms with Gasteiger partial charge in [0, 0.05) is 12.7 Å². The zero-order valence-corrected chi connectivity index (χ0v) is 15.6. The highest BCUT2D eigenvalue weighted by molar-refractivity contribution is 7.20. The minimum absolute atomic E-state index is 0.188. The molecule has 2 heterocycles. The van der Waals surface area contributed by atoms with Crippen LogP contribution in [0.3, 0.4) is 0 Å². The molecule has 0 atom stereocenters. The van der Waals surface area contributed by atoms with Crippen molar-refractivity contribution in [1.82, 2.24) is 9.55 Å². The standard InChI is InChI=1S/C18H17N3O4S/c1-9-11(18(24)25-4)6-5-7-12(9)20-15(22)14-10(2)13-16(26-14)19-8-21(3)17(13)23/h5-8H,1-4H3,(H,20,22). The van der Waals surface area contributed by atoms with Crippen molar-refractivity contribution in [3.8, 4) is 0 Å². The van der Waals surface area contributed by atoms with Gasteiger partial charge in [0.1, 0.15) is 4.83 Å². The van der Waals surface area contributed by atoms with Gasteiger partial charge < -0.3 is 14.6 Å². The molecule has 0 saturated heterocycles. The Bertz CT molecular complexity index is 1100. The number of nitrogens with zero attached hydrogens (tertiary/aromatic N) is 2. The number of carbonyl (C=O) groups excluding carboxylic acids is 2. The molecule has 0 spiro atoms. The Balaban J connectivity index is 2.01. The zero-order valence-electron chi connectivity index (χ0n) is 14.7. The molecular formula is C18H17N3O4S. The van der Waals surface area contributed by atoms with E-state index < -0.39 is 5.97 Å². The van der Waals surface area contributed by atoms with Crippen LogP contribution < -0.4 is 10.9 Å². The largest absolute Gasteiger partial charge is 0.465 e. The van der Waals surface area contributed by atoms with E-state index in [-0.39, 0.29) is 11.5 Å². The minimum atomic E-state index is -0.468. The molecule has 0 unspecified atom stereocenters. The number of rotatable bonds is 3. The fraction of sp³-hybridized carbons (Fsp3) is 0.222. The van der Waals surface area contributed by atoms with Crippen LogP contribution in [-0.4, -0.2) is 28.5 Å². The van der Waals surface area contributed by atoms with Crippen molar-refractivity contribution in [3.63, 3.8) is 0 Å². The number of esters is 1. The molecule has 0 aliphatic carbocycles. The van der Waals surface area contributed by atoms with Crippen molar-refractivity contribution in [2.75, 3.05) is 12.4 Å². The highest BCUT2D eigenvalue weighted by Gasteiger charge is 2.20. The molecule has 3 rings (SSSR count). The number of carbonyl (C=O) groups is 2. The lowest BCUT2D eigenvalue weighted by Crippen LogP contribution is -2.17. The van der Waals surface area contributed by atoms with Crippen molar-refractivity contribution in [3.05, 3.63) is 56.4 Å². The predicted molar refractivity (Wildman–Crippen MR) is 100 cm³/mol. The van der Waals surface area contributed by atoms with Gasteiger partial charge in [-0.1, -0.05) is 6.07 Å². The summed E-state index contributed by atoms with van der Waals surface area (Å²) < 4.78 is 6.13. The Hall–Kier alpha value is -3.00. The number of anilines is 1. The fourth-order valence-corrected chi connectivity index (χ4v) is 3.74. The van der Waals surface area contributed by atoms with Crippen molar-refractivity contribution in [2.45, 2.75) is 13.8 Å². The number of aromatic nitrogens is 2. The summed E-state index contributed by atoms with van der Waals surface area (Å²) in [6, 6.07) is 5.01. The van der Waals surface area contributed by atoms with Gasteiger partial charge in [-0.3, -0.25) is 9.59 Å². The molecule has 3 aromatic rings. The maximum atomic E-state index is 12.8. The van der Waals surface area contributed by atoms with Crippen LogP contribution in [-0.2, 0) is 11.8 Å². The first-order chi connectivity index (χ1) is 12.3. The number of thiophene rings is 1. The number of ether oxygens (including phenoxy) is 1. The molecule has 26 heavy (non-hydrogen) atoms. The van der Waals surface area contributed by atoms with Crippen molar-refractivity contribution < 1.29 is 14.3 Å². The summed E-state index contributed by atoms with van der Waals surface area (Å²) in [5, 5.41) is 3.26. The van der Waals surface area contributed by atoms with Gasteiger partial charge in [0.2, 0.25) is 0 Å². The average molecular weight is 371 g/mol. The van der Waals surface area contributed by atoms with Gasteiger partial charge in [-0.05, 0) is 37.1 Å². The number of amides is 1. The van der Waals surface area contributed by atoms with Crippen LogP contribution in [0.25, 0.3) is 10.2 Å². The van der Waals surface area contributed by atoms with E-state index in [0.29, 0.717) is 37.5 Å². The normalized spacial score (nSPS) is 10.8. The first kappa shape index (κ1) is 17.8. The highest BCUT2D eigenvalue weighted by Crippen LogP contribution is 2.28. The summed E-state index contributed by atoms with van der Waals surface area (Å²) in [7, 11) is 2.92. The summed E-state index contributed by atoms with van der Waals surface area (Å²) in [5.74, 6) is -0.818. The molecule has 1 N–H and O–H groups in total. The van der Waals surface area contributed by atoms with Gasteiger partial charge in [-0.15, -0.1) is 11.3 Å². The van der Waals surface area contributed by atoms with E-state index in [2.05, 4.69) is 10.3 Å². The maximum absolute atomic E-state index is 12.8. The zero-order chi connectivity index (χ0) is 19.0. The number of benzene rings is 1. The van der Waals surface area contributed by atoms with E-state index in [1.807, 2.05) is 0 Å². The van der Waals surface area contributed by atoms with Crippen LogP contribution in [0, 0.1) is 13.8 Å². The molecule has 0 bridgehead atoms. The number of methoxy groups -OCH3 is 1. The van der Waals surface area contributed by atoms with Crippen molar-refractivity contribution in [2.24, 2.45) is 7.05 Å². The lowest BCUT2D eigenvalue weighted by Gasteiger charge is -2.11. The van der Waals surface area contributed by atoms with Gasteiger partial charge in [-0.25, -0.2) is 9.78 Å². The topological polar surface area (TPSA) is 90.3 Å². The highest BCUT2D eigenvalue weighted by atomic mass is 32.1. The number of nitrogens with one attached hydrogen (secondary N) is 1. The summed E-state index contributed by atoms with van der Waals surface area (Å²) in [6.45, 7) is 3.46. The van der Waals surface area contributed by atoms with E-state index in [9.17, 15) is 14.4 Å². The Morgan fingerprint density at radius 2 is 1.96 bits per heavy atom. The SMILES string of the molecule is COC(=O)c1cccc(NC(=O)c2sc3ncn(C)c(=O)c3c2C)c1C. The molecule has 0 saturated carbocycles. The Morgan fingerprint density at radius 3 is 2.65 bits per heavy atom. The van der Waals surface area contributed by atoms with Gasteiger partial charge in [0.05, 0.1) is 29.3 Å². The molecule has 8 heteroatoms. The molecule has 0 fully saturated rings. The summed E-state index contributed by atoms with van der Waals surface area (Å²) in [4.78, 5) is 42.0. The third-order valence-electron chi connectivity index (χ3n) is 4.20. The summed E-state index contributed by atoms with van der Waals surface area (Å²) in [5.41, 5.74) is 1.91. The number of fused-ring (bicyclic) bond motifs is 1. The van der Waals surface area contributed by atoms with Gasteiger partial charge in [0.15, 0.2) is 0 Å². The molecule has 1 aromatic carbocycles. The second-order valence-corrected chi connectivity index (χ2v) is 6.82. The summed E-state index contributed by atoms with van der Waals surface area (Å²) in [6.07, 6.45) is 1.44. The predicted octanol–water partition coefficient (Wildman–Crippen LogP) is 2.65. The van der Waals surface area contributed by atoms with E-state index in [1.165, 1.54) is 29.3 Å². The third kappa shape index (κ3) is 2.88. The van der Waals surface area contributed by atoms with E-state index in [4.69, 9.17) is 4.74 Å². The first-order valence-electron chi connectivity index (χ1n) is 7.79. The van der Waals surface area contributed by atoms with Crippen LogP contribution in [0.4, 0.5) is 5.69 Å².